The minimum atomic E-state index is -1.62. The molecule has 4 unspecified atom stereocenters. The number of rotatable bonds is 19. The van der Waals surface area contributed by atoms with E-state index in [-0.39, 0.29) is 30.7 Å². The molecule has 58 heavy (non-hydrogen) atoms. The van der Waals surface area contributed by atoms with Gasteiger partial charge in [-0.2, -0.15) is 0 Å². The molecule has 0 radical (unpaired) electrons. The Bertz CT molecular complexity index is 2120. The van der Waals surface area contributed by atoms with Gasteiger partial charge in [0.15, 0.2) is 0 Å². The summed E-state index contributed by atoms with van der Waals surface area (Å²) in [5.74, 6) is 1.41. The highest BCUT2D eigenvalue weighted by Crippen LogP contribution is 2.50. The Kier molecular flexibility index (Phi) is 14.8. The van der Waals surface area contributed by atoms with E-state index in [1.807, 2.05) is 85.1 Å². The number of hydrogen-bond acceptors (Lipinski definition) is 12. The highest BCUT2D eigenvalue weighted by atomic mass is 32.1. The molecule has 0 bridgehead atoms. The van der Waals surface area contributed by atoms with Gasteiger partial charge in [0, 0.05) is 56.0 Å². The molecular weight excluding hydrogens is 778 g/mol. The van der Waals surface area contributed by atoms with Crippen molar-refractivity contribution in [3.8, 4) is 22.1 Å². The van der Waals surface area contributed by atoms with Gasteiger partial charge in [-0.1, -0.05) is 54.6 Å². The minimum absolute atomic E-state index is 0.0422. The van der Waals surface area contributed by atoms with Crippen LogP contribution >= 0.6 is 19.9 Å². The molecule has 0 saturated carbocycles. The van der Waals surface area contributed by atoms with E-state index >= 15 is 0 Å². The van der Waals surface area contributed by atoms with E-state index in [0.29, 0.717) is 29.5 Å². The van der Waals surface area contributed by atoms with Crippen molar-refractivity contribution in [3.63, 3.8) is 0 Å². The summed E-state index contributed by atoms with van der Waals surface area (Å²) < 4.78 is 42.4. The number of nitrogens with zero attached hydrogens (tertiary/aromatic N) is 4. The smallest absolute Gasteiger partial charge is 0.330 e. The van der Waals surface area contributed by atoms with Gasteiger partial charge in [-0.15, -0.1) is 11.3 Å². The number of H-pyrrole nitrogens is 1. The third-order valence-corrected chi connectivity index (χ3v) is 12.8. The number of ether oxygens (including phenoxy) is 4. The number of thiazole rings is 1. The Hall–Kier alpha value is -4.53. The zero-order valence-corrected chi connectivity index (χ0v) is 35.7. The molecule has 1 aliphatic heterocycles. The second-order valence-corrected chi connectivity index (χ2v) is 16.5. The summed E-state index contributed by atoms with van der Waals surface area (Å²) in [7, 11) is 3.39. The average Bonchev–Trinajstić information content (AvgIpc) is 3.91. The molecule has 0 spiro atoms. The zero-order valence-electron chi connectivity index (χ0n) is 33.9. The number of aromatic amines is 1. The van der Waals surface area contributed by atoms with E-state index in [0.717, 1.165) is 16.7 Å². The fraction of sp³-hybridized carbons (Fsp3) is 0.395. The van der Waals surface area contributed by atoms with Crippen LogP contribution in [0.1, 0.15) is 63.5 Å². The maximum Gasteiger partial charge on any atom is 0.330 e. The van der Waals surface area contributed by atoms with Crippen molar-refractivity contribution in [1.29, 1.82) is 0 Å². The molecule has 3 aromatic carbocycles. The predicted molar refractivity (Wildman–Crippen MR) is 228 cm³/mol. The van der Waals surface area contributed by atoms with Crippen molar-refractivity contribution in [3.05, 3.63) is 134 Å². The Morgan fingerprint density at radius 2 is 1.59 bits per heavy atom. The topological polar surface area (TPSA) is 139 Å². The molecule has 308 valence electrons. The highest BCUT2D eigenvalue weighted by molar-refractivity contribution is 7.44. The maximum atomic E-state index is 13.5. The first kappa shape index (κ1) is 43.1. The summed E-state index contributed by atoms with van der Waals surface area (Å²) in [5, 5.41) is 2.27. The van der Waals surface area contributed by atoms with Crippen LogP contribution in [0.15, 0.2) is 111 Å². The quantitative estimate of drug-likeness (QED) is 0.0380. The van der Waals surface area contributed by atoms with Crippen molar-refractivity contribution in [2.45, 2.75) is 76.7 Å². The lowest BCUT2D eigenvalue weighted by Gasteiger charge is -2.39. The second kappa shape index (κ2) is 20.0. The van der Waals surface area contributed by atoms with Gasteiger partial charge in [-0.05, 0) is 68.7 Å². The van der Waals surface area contributed by atoms with Gasteiger partial charge in [0.2, 0.25) is 0 Å². The molecular formula is C43H52N5O8PS. The van der Waals surface area contributed by atoms with Gasteiger partial charge >= 0.3 is 5.69 Å². The van der Waals surface area contributed by atoms with Crippen LogP contribution in [-0.2, 0) is 24.1 Å². The number of aliphatic imine (C=N–C) groups is 1. The summed E-state index contributed by atoms with van der Waals surface area (Å²) in [5.41, 5.74) is 0.606. The summed E-state index contributed by atoms with van der Waals surface area (Å²) >= 11 is 1.31. The van der Waals surface area contributed by atoms with Crippen LogP contribution in [-0.4, -0.2) is 84.2 Å². The summed E-state index contributed by atoms with van der Waals surface area (Å²) in [6.45, 7) is 8.90. The molecule has 1 N–H and O–H groups in total. The first-order chi connectivity index (χ1) is 28.1. The maximum absolute atomic E-state index is 13.5. The van der Waals surface area contributed by atoms with Gasteiger partial charge in [-0.25, -0.2) is 14.4 Å². The van der Waals surface area contributed by atoms with Gasteiger partial charge in [-0.3, -0.25) is 14.3 Å². The minimum Gasteiger partial charge on any atom is -0.497 e. The Labute approximate surface area is 344 Å². The van der Waals surface area contributed by atoms with Crippen molar-refractivity contribution < 1.29 is 28.0 Å². The molecule has 2 aromatic heterocycles. The number of benzene rings is 3. The molecule has 1 fully saturated rings. The Morgan fingerprint density at radius 3 is 2.14 bits per heavy atom. The highest BCUT2D eigenvalue weighted by Gasteiger charge is 2.45. The average molecular weight is 830 g/mol. The number of methoxy groups -OCH3 is 2. The van der Waals surface area contributed by atoms with Crippen molar-refractivity contribution in [2.75, 3.05) is 34.5 Å². The first-order valence-corrected chi connectivity index (χ1v) is 21.3. The fourth-order valence-electron chi connectivity index (χ4n) is 7.17. The largest absolute Gasteiger partial charge is 0.497 e. The van der Waals surface area contributed by atoms with Crippen LogP contribution in [0, 0.1) is 0 Å². The van der Waals surface area contributed by atoms with Crippen LogP contribution in [0.3, 0.4) is 0 Å². The lowest BCUT2D eigenvalue weighted by atomic mass is 9.80. The van der Waals surface area contributed by atoms with E-state index in [9.17, 15) is 9.59 Å². The standard InChI is InChI=1S/C43H52N5O8PS/c1-29(2)48(30(3)4)57(54-24-11-22-44-5)56-37-26-39(47-27-36(40(49)46-42(47)50)41-45-23-25-58-41)55-38(37)28-53-43(31-12-9-8-10-13-31,32-14-18-34(51-6)19-15-32)33-16-20-35(52-7)21-17-33/h8-10,12-23,25,27,29-30,37-39H,11,24,26,28H2,1-7H3,(H,46,49,50). The molecule has 5 aromatic rings. The fourth-order valence-corrected chi connectivity index (χ4v) is 9.59. The van der Waals surface area contributed by atoms with Crippen LogP contribution in [0.25, 0.3) is 10.6 Å². The molecule has 13 nitrogen and oxygen atoms in total. The SMILES string of the molecule is CN=CCCOP(OC1CC(n2cc(-c3nccs3)c(=O)[nH]c2=O)OC1COC(c1ccccc1)(c1ccc(OC)cc1)c1ccc(OC)cc1)N(C(C)C)C(C)C. The Balaban J connectivity index is 1.44. The van der Waals surface area contributed by atoms with E-state index in [4.69, 9.17) is 28.0 Å². The lowest BCUT2D eigenvalue weighted by molar-refractivity contribution is -0.0925. The van der Waals surface area contributed by atoms with E-state index < -0.39 is 43.8 Å². The van der Waals surface area contributed by atoms with Crippen LogP contribution in [0.2, 0.25) is 0 Å². The normalized spacial score (nSPS) is 17.8. The lowest BCUT2D eigenvalue weighted by Crippen LogP contribution is -2.39. The molecule has 1 saturated heterocycles. The van der Waals surface area contributed by atoms with Crippen molar-refractivity contribution in [1.82, 2.24) is 19.2 Å². The van der Waals surface area contributed by atoms with E-state index in [2.05, 4.69) is 47.3 Å². The van der Waals surface area contributed by atoms with Gasteiger partial charge in [0.1, 0.15) is 34.4 Å². The molecule has 0 amide bonds. The molecule has 0 aliphatic carbocycles. The van der Waals surface area contributed by atoms with Gasteiger partial charge < -0.3 is 33.0 Å². The Morgan fingerprint density at radius 1 is 0.966 bits per heavy atom. The van der Waals surface area contributed by atoms with Gasteiger partial charge in [0.05, 0.1) is 39.1 Å². The monoisotopic (exact) mass is 829 g/mol. The third kappa shape index (κ3) is 9.66. The zero-order chi connectivity index (χ0) is 41.2. The number of hydrogen-bond donors (Lipinski definition) is 1. The second-order valence-electron chi connectivity index (χ2n) is 14.2. The number of nitrogens with one attached hydrogen (secondary N) is 1. The van der Waals surface area contributed by atoms with Crippen LogP contribution < -0.4 is 20.7 Å². The van der Waals surface area contributed by atoms with Crippen LogP contribution in [0.4, 0.5) is 0 Å². The van der Waals surface area contributed by atoms with Gasteiger partial charge in [0.25, 0.3) is 14.1 Å². The first-order valence-electron chi connectivity index (χ1n) is 19.3. The summed E-state index contributed by atoms with van der Waals surface area (Å²) in [6, 6.07) is 25.8. The van der Waals surface area contributed by atoms with Crippen molar-refractivity contribution >= 4 is 26.1 Å². The number of aromatic nitrogens is 3. The predicted octanol–water partition coefficient (Wildman–Crippen LogP) is 7.81. The van der Waals surface area contributed by atoms with E-state index in [1.54, 1.807) is 32.8 Å². The molecule has 1 aliphatic rings. The molecule has 4 atom stereocenters. The summed E-state index contributed by atoms with van der Waals surface area (Å²) in [4.78, 5) is 37.4. The van der Waals surface area contributed by atoms with Crippen molar-refractivity contribution in [2.24, 2.45) is 4.99 Å². The molecule has 3 heterocycles. The van der Waals surface area contributed by atoms with E-state index in [1.165, 1.54) is 22.1 Å². The molecule has 15 heteroatoms. The third-order valence-electron chi connectivity index (χ3n) is 9.86. The molecule has 6 rings (SSSR count). The van der Waals surface area contributed by atoms with Crippen LogP contribution in [0.5, 0.6) is 11.5 Å². The summed E-state index contributed by atoms with van der Waals surface area (Å²) in [6.07, 6.45) is 3.73.